The first-order valence-corrected chi connectivity index (χ1v) is 11.4. The second-order valence-corrected chi connectivity index (χ2v) is 7.95. The van der Waals surface area contributed by atoms with Crippen LogP contribution in [0.1, 0.15) is 34.8 Å². The van der Waals surface area contributed by atoms with E-state index in [9.17, 15) is 9.59 Å². The van der Waals surface area contributed by atoms with Gasteiger partial charge in [0.15, 0.2) is 5.96 Å². The number of rotatable bonds is 8. The summed E-state index contributed by atoms with van der Waals surface area (Å²) in [6.45, 7) is 3.58. The van der Waals surface area contributed by atoms with Crippen LogP contribution in [0.4, 0.5) is 5.69 Å². The van der Waals surface area contributed by atoms with Gasteiger partial charge < -0.3 is 25.8 Å². The van der Waals surface area contributed by atoms with Crippen LogP contribution in [0.3, 0.4) is 0 Å². The summed E-state index contributed by atoms with van der Waals surface area (Å²) in [4.78, 5) is 29.2. The van der Waals surface area contributed by atoms with E-state index < -0.39 is 5.97 Å². The van der Waals surface area contributed by atoms with E-state index in [1.54, 1.807) is 55.5 Å². The van der Waals surface area contributed by atoms with Crippen molar-refractivity contribution >= 4 is 65.0 Å². The summed E-state index contributed by atoms with van der Waals surface area (Å²) in [5.41, 5.74) is 8.12. The van der Waals surface area contributed by atoms with Crippen LogP contribution < -0.4 is 21.1 Å². The molecule has 0 atom stereocenters. The number of carbonyl (C=O) groups excluding carboxylic acids is 2. The fourth-order valence-electron chi connectivity index (χ4n) is 3.82. The molecular weight excluding hydrogens is 517 g/mol. The SMILES string of the molecule is CCOC(=O)CCc1c(OC(=O)c2ccc(NC3=NCCN3)cc2)ccc2cc(C(=N)N)ccc12.Cl.Cl. The van der Waals surface area contributed by atoms with Gasteiger partial charge in [-0.3, -0.25) is 15.2 Å². The number of ether oxygens (including phenoxy) is 2. The number of hydrogen-bond acceptors (Lipinski definition) is 8. The monoisotopic (exact) mass is 545 g/mol. The van der Waals surface area contributed by atoms with Gasteiger partial charge in [-0.25, -0.2) is 4.79 Å². The van der Waals surface area contributed by atoms with Gasteiger partial charge in [0.2, 0.25) is 0 Å². The van der Waals surface area contributed by atoms with Gasteiger partial charge in [-0.2, -0.15) is 0 Å². The maximum atomic E-state index is 12.9. The van der Waals surface area contributed by atoms with Crippen molar-refractivity contribution in [1.29, 1.82) is 5.41 Å². The highest BCUT2D eigenvalue weighted by molar-refractivity contribution is 6.01. The number of esters is 2. The normalized spacial score (nSPS) is 11.9. The van der Waals surface area contributed by atoms with Crippen molar-refractivity contribution in [3.63, 3.8) is 0 Å². The lowest BCUT2D eigenvalue weighted by atomic mass is 9.97. The third kappa shape index (κ3) is 7.34. The van der Waals surface area contributed by atoms with Gasteiger partial charge in [0.1, 0.15) is 11.6 Å². The van der Waals surface area contributed by atoms with Crippen molar-refractivity contribution in [3.8, 4) is 5.75 Å². The Morgan fingerprint density at radius 1 is 1.08 bits per heavy atom. The van der Waals surface area contributed by atoms with Gasteiger partial charge in [-0.15, -0.1) is 24.8 Å². The Labute approximate surface area is 227 Å². The quantitative estimate of drug-likeness (QED) is 0.145. The van der Waals surface area contributed by atoms with Crippen molar-refractivity contribution in [2.75, 3.05) is 25.0 Å². The third-order valence-corrected chi connectivity index (χ3v) is 5.54. The molecule has 0 fully saturated rings. The zero-order valence-corrected chi connectivity index (χ0v) is 21.8. The standard InChI is InChI=1S/C26H27N5O4.2ClH/c1-2-34-23(32)12-10-21-20-9-5-18(24(27)28)15-17(20)6-11-22(21)35-25(33)16-3-7-19(8-4-16)31-26-29-13-14-30-26;;/h3-9,11,15H,2,10,12-14H2,1H3,(H3,27,28)(H2,29,30,31);2*1H. The molecule has 37 heavy (non-hydrogen) atoms. The molecule has 11 heteroatoms. The number of aryl methyl sites for hydroxylation is 1. The van der Waals surface area contributed by atoms with Crippen LogP contribution in [0.2, 0.25) is 0 Å². The Kier molecular flexibility index (Phi) is 10.7. The fourth-order valence-corrected chi connectivity index (χ4v) is 3.82. The summed E-state index contributed by atoms with van der Waals surface area (Å²) in [6, 6.07) is 15.8. The Morgan fingerprint density at radius 2 is 1.81 bits per heavy atom. The van der Waals surface area contributed by atoms with E-state index >= 15 is 0 Å². The van der Waals surface area contributed by atoms with Gasteiger partial charge >= 0.3 is 11.9 Å². The number of halogens is 2. The van der Waals surface area contributed by atoms with Crippen LogP contribution in [0, 0.1) is 5.41 Å². The van der Waals surface area contributed by atoms with Gasteiger partial charge in [-0.05, 0) is 60.5 Å². The number of fused-ring (bicyclic) bond motifs is 1. The molecule has 0 saturated carbocycles. The number of nitrogen functional groups attached to an aromatic ring is 1. The van der Waals surface area contributed by atoms with Gasteiger partial charge in [-0.1, -0.05) is 18.2 Å². The Hall–Kier alpha value is -3.82. The molecule has 0 unspecified atom stereocenters. The van der Waals surface area contributed by atoms with Crippen molar-refractivity contribution in [2.24, 2.45) is 10.7 Å². The van der Waals surface area contributed by atoms with E-state index in [1.807, 2.05) is 6.07 Å². The van der Waals surface area contributed by atoms with Gasteiger partial charge in [0, 0.05) is 29.8 Å². The Morgan fingerprint density at radius 3 is 2.46 bits per heavy atom. The summed E-state index contributed by atoms with van der Waals surface area (Å²) >= 11 is 0. The number of nitrogens with two attached hydrogens (primary N) is 1. The van der Waals surface area contributed by atoms with Crippen LogP contribution in [0.5, 0.6) is 5.75 Å². The molecule has 0 saturated heterocycles. The highest BCUT2D eigenvalue weighted by Crippen LogP contribution is 2.31. The van der Waals surface area contributed by atoms with E-state index in [2.05, 4.69) is 15.6 Å². The van der Waals surface area contributed by atoms with Crippen LogP contribution in [0.15, 0.2) is 59.6 Å². The third-order valence-electron chi connectivity index (χ3n) is 5.54. The average Bonchev–Trinajstić information content (AvgIpc) is 3.36. The molecule has 4 rings (SSSR count). The first kappa shape index (κ1) is 29.4. The Bertz CT molecular complexity index is 1310. The molecule has 0 bridgehead atoms. The molecule has 9 nitrogen and oxygen atoms in total. The van der Waals surface area contributed by atoms with Crippen molar-refractivity contribution in [1.82, 2.24) is 5.32 Å². The maximum absolute atomic E-state index is 12.9. The number of anilines is 1. The van der Waals surface area contributed by atoms with Gasteiger partial charge in [0.05, 0.1) is 18.7 Å². The van der Waals surface area contributed by atoms with Crippen LogP contribution in [-0.4, -0.2) is 43.4 Å². The predicted octanol–water partition coefficient (Wildman–Crippen LogP) is 4.05. The molecule has 1 aliphatic rings. The zero-order chi connectivity index (χ0) is 24.8. The van der Waals surface area contributed by atoms with E-state index in [4.69, 9.17) is 20.6 Å². The lowest BCUT2D eigenvalue weighted by Gasteiger charge is -2.14. The second-order valence-electron chi connectivity index (χ2n) is 7.95. The molecule has 5 N–H and O–H groups in total. The second kappa shape index (κ2) is 13.5. The average molecular weight is 546 g/mol. The van der Waals surface area contributed by atoms with Crippen LogP contribution >= 0.6 is 24.8 Å². The molecule has 3 aromatic carbocycles. The minimum absolute atomic E-state index is 0. The Balaban J connectivity index is 0.00000241. The molecule has 0 amide bonds. The van der Waals surface area contributed by atoms with E-state index in [1.165, 1.54) is 0 Å². The topological polar surface area (TPSA) is 139 Å². The fraction of sp³-hybridized carbons (Fsp3) is 0.231. The molecule has 0 aliphatic carbocycles. The number of guanidine groups is 1. The minimum atomic E-state index is -0.509. The first-order valence-electron chi connectivity index (χ1n) is 11.4. The summed E-state index contributed by atoms with van der Waals surface area (Å²) in [7, 11) is 0. The lowest BCUT2D eigenvalue weighted by molar-refractivity contribution is -0.143. The number of hydrogen-bond donors (Lipinski definition) is 4. The van der Waals surface area contributed by atoms with E-state index in [0.717, 1.165) is 29.5 Å². The minimum Gasteiger partial charge on any atom is -0.466 e. The highest BCUT2D eigenvalue weighted by atomic mass is 35.5. The number of nitrogens with one attached hydrogen (secondary N) is 3. The van der Waals surface area contributed by atoms with Crippen molar-refractivity contribution in [3.05, 3.63) is 71.3 Å². The maximum Gasteiger partial charge on any atom is 0.343 e. The smallest absolute Gasteiger partial charge is 0.343 e. The van der Waals surface area contributed by atoms with E-state index in [0.29, 0.717) is 41.4 Å². The lowest BCUT2D eigenvalue weighted by Crippen LogP contribution is -2.26. The summed E-state index contributed by atoms with van der Waals surface area (Å²) < 4.78 is 10.8. The molecule has 0 radical (unpaired) electrons. The number of aliphatic imine (C=N–C) groups is 1. The number of amidine groups is 1. The zero-order valence-electron chi connectivity index (χ0n) is 20.2. The van der Waals surface area contributed by atoms with Crippen molar-refractivity contribution < 1.29 is 19.1 Å². The summed E-state index contributed by atoms with van der Waals surface area (Å²) in [5.74, 6) is 0.200. The van der Waals surface area contributed by atoms with Crippen molar-refractivity contribution in [2.45, 2.75) is 19.8 Å². The molecular formula is C26H29Cl2N5O4. The molecule has 1 heterocycles. The predicted molar refractivity (Wildman–Crippen MR) is 150 cm³/mol. The largest absolute Gasteiger partial charge is 0.466 e. The summed E-state index contributed by atoms with van der Waals surface area (Å²) in [5, 5.41) is 15.6. The van der Waals surface area contributed by atoms with E-state index in [-0.39, 0.29) is 43.0 Å². The molecule has 0 aromatic heterocycles. The molecule has 0 spiro atoms. The highest BCUT2D eigenvalue weighted by Gasteiger charge is 2.17. The molecule has 1 aliphatic heterocycles. The number of carbonyl (C=O) groups is 2. The van der Waals surface area contributed by atoms with Gasteiger partial charge in [0.25, 0.3) is 0 Å². The first-order chi connectivity index (χ1) is 16.9. The molecule has 196 valence electrons. The number of benzene rings is 3. The molecule has 3 aromatic rings. The summed E-state index contributed by atoms with van der Waals surface area (Å²) in [6.07, 6.45) is 0.473. The van der Waals surface area contributed by atoms with Crippen LogP contribution in [0.25, 0.3) is 10.8 Å². The number of nitrogens with zero attached hydrogens (tertiary/aromatic N) is 1. The van der Waals surface area contributed by atoms with Crippen LogP contribution in [-0.2, 0) is 16.0 Å².